The van der Waals surface area contributed by atoms with Crippen molar-refractivity contribution in [3.63, 3.8) is 0 Å². The van der Waals surface area contributed by atoms with E-state index in [-0.39, 0.29) is 24.9 Å². The third-order valence-corrected chi connectivity index (χ3v) is 5.43. The molecule has 32 heavy (non-hydrogen) atoms. The number of anilines is 2. The molecular weight excluding hydrogens is 445 g/mol. The summed E-state index contributed by atoms with van der Waals surface area (Å²) in [5, 5.41) is 0.303. The SMILES string of the molecule is CC(C)N(C(=O)CN(C(=O)CN)c1ccccc1)c1nc2ccc(OC(F)(F)F)cc2s1. The summed E-state index contributed by atoms with van der Waals surface area (Å²) < 4.78 is 41.9. The number of thiazole rings is 1. The van der Waals surface area contributed by atoms with E-state index >= 15 is 0 Å². The Balaban J connectivity index is 1.90. The van der Waals surface area contributed by atoms with E-state index in [1.165, 1.54) is 21.9 Å². The molecule has 0 aliphatic heterocycles. The van der Waals surface area contributed by atoms with Crippen LogP contribution < -0.4 is 20.3 Å². The number of carbonyl (C=O) groups is 2. The van der Waals surface area contributed by atoms with Gasteiger partial charge in [0.2, 0.25) is 11.8 Å². The van der Waals surface area contributed by atoms with Crippen LogP contribution in [0.1, 0.15) is 13.8 Å². The number of ether oxygens (including phenoxy) is 1. The van der Waals surface area contributed by atoms with E-state index in [9.17, 15) is 22.8 Å². The predicted octanol–water partition coefficient (Wildman–Crippen LogP) is 3.93. The molecule has 0 radical (unpaired) electrons. The van der Waals surface area contributed by atoms with E-state index < -0.39 is 18.2 Å². The fourth-order valence-electron chi connectivity index (χ4n) is 3.06. The first-order chi connectivity index (χ1) is 15.1. The van der Waals surface area contributed by atoms with Crippen LogP contribution in [0.2, 0.25) is 0 Å². The molecule has 2 N–H and O–H groups in total. The second-order valence-electron chi connectivity index (χ2n) is 7.05. The Morgan fingerprint density at radius 3 is 2.41 bits per heavy atom. The molecule has 0 bridgehead atoms. The maximum atomic E-state index is 13.2. The fourth-order valence-corrected chi connectivity index (χ4v) is 4.21. The molecule has 0 saturated carbocycles. The minimum atomic E-state index is -4.81. The van der Waals surface area contributed by atoms with Gasteiger partial charge in [0.05, 0.1) is 16.8 Å². The van der Waals surface area contributed by atoms with Gasteiger partial charge in [0.15, 0.2) is 5.13 Å². The van der Waals surface area contributed by atoms with Crippen molar-refractivity contribution in [1.82, 2.24) is 4.98 Å². The van der Waals surface area contributed by atoms with Crippen LogP contribution in [0.5, 0.6) is 5.75 Å². The summed E-state index contributed by atoms with van der Waals surface area (Å²) in [6.45, 7) is 3.02. The number of nitrogens with zero attached hydrogens (tertiary/aromatic N) is 3. The molecule has 0 aliphatic rings. The zero-order chi connectivity index (χ0) is 23.5. The number of halogens is 3. The molecule has 0 spiro atoms. The molecule has 0 fully saturated rings. The summed E-state index contributed by atoms with van der Waals surface area (Å²) in [6.07, 6.45) is -4.81. The molecule has 0 saturated heterocycles. The Labute approximate surface area is 186 Å². The zero-order valence-corrected chi connectivity index (χ0v) is 18.1. The average molecular weight is 466 g/mol. The highest BCUT2D eigenvalue weighted by molar-refractivity contribution is 7.22. The van der Waals surface area contributed by atoms with Crippen molar-refractivity contribution in [2.75, 3.05) is 22.9 Å². The molecule has 0 aliphatic carbocycles. The Morgan fingerprint density at radius 1 is 1.12 bits per heavy atom. The van der Waals surface area contributed by atoms with Gasteiger partial charge in [0.1, 0.15) is 12.3 Å². The molecule has 11 heteroatoms. The van der Waals surface area contributed by atoms with Gasteiger partial charge in [-0.15, -0.1) is 13.2 Å². The minimum absolute atomic E-state index is 0.267. The lowest BCUT2D eigenvalue weighted by atomic mass is 10.2. The molecular formula is C21H21F3N4O3S. The number of hydrogen-bond acceptors (Lipinski definition) is 6. The highest BCUT2D eigenvalue weighted by Gasteiger charge is 2.31. The standard InChI is InChI=1S/C21H21F3N4O3S/c1-13(2)28(19(30)12-27(18(29)11-25)14-6-4-3-5-7-14)20-26-16-9-8-15(10-17(16)32-20)31-21(22,23)24/h3-10,13H,11-12,25H2,1-2H3. The van der Waals surface area contributed by atoms with E-state index in [4.69, 9.17) is 5.73 Å². The van der Waals surface area contributed by atoms with Crippen LogP contribution in [0.25, 0.3) is 10.2 Å². The Morgan fingerprint density at radius 2 is 1.81 bits per heavy atom. The summed E-state index contributed by atoms with van der Waals surface area (Å²) in [7, 11) is 0. The van der Waals surface area contributed by atoms with Crippen LogP contribution in [0, 0.1) is 0 Å². The molecule has 2 aromatic carbocycles. The number of hydrogen-bond donors (Lipinski definition) is 1. The van der Waals surface area contributed by atoms with E-state index in [0.717, 1.165) is 17.4 Å². The summed E-state index contributed by atoms with van der Waals surface area (Å²) in [6, 6.07) is 12.1. The van der Waals surface area contributed by atoms with E-state index in [2.05, 4.69) is 9.72 Å². The van der Waals surface area contributed by atoms with Gasteiger partial charge in [-0.3, -0.25) is 14.5 Å². The van der Waals surface area contributed by atoms with Crippen LogP contribution in [-0.4, -0.2) is 42.3 Å². The maximum Gasteiger partial charge on any atom is 0.573 e. The number of fused-ring (bicyclic) bond motifs is 1. The molecule has 1 heterocycles. The largest absolute Gasteiger partial charge is 0.573 e. The highest BCUT2D eigenvalue weighted by atomic mass is 32.1. The highest BCUT2D eigenvalue weighted by Crippen LogP contribution is 2.34. The van der Waals surface area contributed by atoms with Gasteiger partial charge < -0.3 is 15.4 Å². The van der Waals surface area contributed by atoms with Crippen molar-refractivity contribution in [3.05, 3.63) is 48.5 Å². The normalized spacial score (nSPS) is 11.6. The van der Waals surface area contributed by atoms with Crippen LogP contribution >= 0.6 is 11.3 Å². The maximum absolute atomic E-state index is 13.2. The summed E-state index contributed by atoms with van der Waals surface area (Å²) in [5.74, 6) is -1.20. The van der Waals surface area contributed by atoms with Crippen molar-refractivity contribution < 1.29 is 27.5 Å². The fraction of sp³-hybridized carbons (Fsp3) is 0.286. The zero-order valence-electron chi connectivity index (χ0n) is 17.3. The van der Waals surface area contributed by atoms with Crippen LogP contribution in [-0.2, 0) is 9.59 Å². The summed E-state index contributed by atoms with van der Waals surface area (Å²) in [5.41, 5.74) is 6.48. The van der Waals surface area contributed by atoms with Gasteiger partial charge in [-0.05, 0) is 38.1 Å². The molecule has 170 valence electrons. The Kier molecular flexibility index (Phi) is 6.99. The molecule has 2 amide bonds. The van der Waals surface area contributed by atoms with Crippen molar-refractivity contribution in [1.29, 1.82) is 0 Å². The molecule has 0 unspecified atom stereocenters. The Hall–Kier alpha value is -3.18. The smallest absolute Gasteiger partial charge is 0.406 e. The summed E-state index contributed by atoms with van der Waals surface area (Å²) in [4.78, 5) is 32.7. The number of para-hydroxylation sites is 1. The van der Waals surface area contributed by atoms with Gasteiger partial charge in [-0.2, -0.15) is 0 Å². The lowest BCUT2D eigenvalue weighted by molar-refractivity contribution is -0.274. The number of nitrogens with two attached hydrogens (primary N) is 1. The second kappa shape index (κ2) is 9.53. The van der Waals surface area contributed by atoms with Gasteiger partial charge in [-0.1, -0.05) is 29.5 Å². The average Bonchev–Trinajstić information content (AvgIpc) is 3.13. The van der Waals surface area contributed by atoms with Gasteiger partial charge in [0, 0.05) is 17.8 Å². The quantitative estimate of drug-likeness (QED) is 0.570. The van der Waals surface area contributed by atoms with Crippen LogP contribution in [0.4, 0.5) is 24.0 Å². The second-order valence-corrected chi connectivity index (χ2v) is 8.06. The first-order valence-electron chi connectivity index (χ1n) is 9.63. The number of carbonyl (C=O) groups excluding carboxylic acids is 2. The third kappa shape index (κ3) is 5.54. The van der Waals surface area contributed by atoms with Crippen molar-refractivity contribution in [3.8, 4) is 5.75 Å². The van der Waals surface area contributed by atoms with E-state index in [0.29, 0.717) is 21.0 Å². The first kappa shape index (κ1) is 23.5. The number of aromatic nitrogens is 1. The monoisotopic (exact) mass is 466 g/mol. The first-order valence-corrected chi connectivity index (χ1v) is 10.4. The minimum Gasteiger partial charge on any atom is -0.406 e. The molecule has 1 aromatic heterocycles. The lowest BCUT2D eigenvalue weighted by Gasteiger charge is -2.28. The topological polar surface area (TPSA) is 88.8 Å². The van der Waals surface area contributed by atoms with Gasteiger partial charge in [-0.25, -0.2) is 4.98 Å². The van der Waals surface area contributed by atoms with Crippen molar-refractivity contribution in [2.45, 2.75) is 26.3 Å². The van der Waals surface area contributed by atoms with Crippen LogP contribution in [0.15, 0.2) is 48.5 Å². The van der Waals surface area contributed by atoms with Crippen molar-refractivity contribution >= 4 is 44.2 Å². The summed E-state index contributed by atoms with van der Waals surface area (Å²) >= 11 is 1.06. The number of alkyl halides is 3. The number of benzene rings is 2. The molecule has 3 rings (SSSR count). The molecule has 7 nitrogen and oxygen atoms in total. The lowest BCUT2D eigenvalue weighted by Crippen LogP contribution is -2.47. The van der Waals surface area contributed by atoms with E-state index in [1.807, 2.05) is 0 Å². The van der Waals surface area contributed by atoms with Gasteiger partial charge >= 0.3 is 6.36 Å². The molecule has 3 aromatic rings. The van der Waals surface area contributed by atoms with Crippen molar-refractivity contribution in [2.24, 2.45) is 5.73 Å². The van der Waals surface area contributed by atoms with Crippen LogP contribution in [0.3, 0.4) is 0 Å². The number of amides is 2. The number of rotatable bonds is 7. The van der Waals surface area contributed by atoms with E-state index in [1.54, 1.807) is 44.2 Å². The third-order valence-electron chi connectivity index (χ3n) is 4.41. The predicted molar refractivity (Wildman–Crippen MR) is 117 cm³/mol. The Bertz CT molecular complexity index is 1100. The molecule has 0 atom stereocenters. The van der Waals surface area contributed by atoms with Gasteiger partial charge in [0.25, 0.3) is 0 Å².